The number of anilines is 1. The summed E-state index contributed by atoms with van der Waals surface area (Å²) < 4.78 is 5.33. The molecule has 0 saturated heterocycles. The monoisotopic (exact) mass is 368 g/mol. The number of aromatic nitrogens is 1. The highest BCUT2D eigenvalue weighted by molar-refractivity contribution is 7.13. The molecule has 5 heteroatoms. The maximum atomic E-state index is 13.3. The Kier molecular flexibility index (Phi) is 3.64. The summed E-state index contributed by atoms with van der Waals surface area (Å²) in [5.74, 6) is 2.43. The lowest BCUT2D eigenvalue weighted by atomic mass is 9.42. The first kappa shape index (κ1) is 16.3. The van der Waals surface area contributed by atoms with Crippen molar-refractivity contribution in [2.24, 2.45) is 17.3 Å². The first-order valence-electron chi connectivity index (χ1n) is 9.46. The molecule has 1 amide bonds. The van der Waals surface area contributed by atoms with Crippen molar-refractivity contribution in [3.05, 3.63) is 41.4 Å². The Balaban J connectivity index is 1.48. The second-order valence-electron chi connectivity index (χ2n) is 8.54. The average Bonchev–Trinajstić information content (AvgIpc) is 3.14. The molecular weight excluding hydrogens is 344 g/mol. The zero-order chi connectivity index (χ0) is 17.8. The fraction of sp³-hybridized carbons (Fsp3) is 0.524. The molecule has 4 aliphatic rings. The molecule has 26 heavy (non-hydrogen) atoms. The summed E-state index contributed by atoms with van der Waals surface area (Å²) in [6.07, 6.45) is 8.54. The van der Waals surface area contributed by atoms with E-state index in [4.69, 9.17) is 4.74 Å². The van der Waals surface area contributed by atoms with E-state index in [0.717, 1.165) is 30.1 Å². The summed E-state index contributed by atoms with van der Waals surface area (Å²) in [6, 6.07) is 8.57. The number of benzene rings is 1. The van der Waals surface area contributed by atoms with Crippen LogP contribution in [0.2, 0.25) is 0 Å². The van der Waals surface area contributed by atoms with Gasteiger partial charge in [0.1, 0.15) is 5.75 Å². The molecule has 2 atom stereocenters. The summed E-state index contributed by atoms with van der Waals surface area (Å²) >= 11 is 1.50. The van der Waals surface area contributed by atoms with Crippen molar-refractivity contribution in [3.63, 3.8) is 0 Å². The fourth-order valence-corrected chi connectivity index (χ4v) is 6.85. The van der Waals surface area contributed by atoms with Crippen LogP contribution in [0, 0.1) is 17.3 Å². The minimum absolute atomic E-state index is 0.149. The number of hydrogen-bond acceptors (Lipinski definition) is 4. The van der Waals surface area contributed by atoms with Gasteiger partial charge < -0.3 is 10.1 Å². The molecule has 0 aliphatic heterocycles. The highest BCUT2D eigenvalue weighted by atomic mass is 32.1. The van der Waals surface area contributed by atoms with Crippen LogP contribution in [0.1, 0.15) is 44.1 Å². The Hall–Kier alpha value is -1.88. The molecule has 4 saturated carbocycles. The second kappa shape index (κ2) is 5.81. The van der Waals surface area contributed by atoms with E-state index >= 15 is 0 Å². The zero-order valence-electron chi connectivity index (χ0n) is 15.0. The summed E-state index contributed by atoms with van der Waals surface area (Å²) in [6.45, 7) is 0. The maximum Gasteiger partial charge on any atom is 0.232 e. The third-order valence-electron chi connectivity index (χ3n) is 6.90. The van der Waals surface area contributed by atoms with Gasteiger partial charge in [0.2, 0.25) is 5.91 Å². The molecular formula is C21H24N2O2S. The number of amides is 1. The smallest absolute Gasteiger partial charge is 0.232 e. The summed E-state index contributed by atoms with van der Waals surface area (Å²) in [5, 5.41) is 5.75. The largest absolute Gasteiger partial charge is 0.497 e. The second-order valence-corrected chi connectivity index (χ2v) is 9.44. The normalized spacial score (nSPS) is 34.7. The third kappa shape index (κ3) is 2.48. The Morgan fingerprint density at radius 3 is 2.54 bits per heavy atom. The Morgan fingerprint density at radius 1 is 1.19 bits per heavy atom. The SMILES string of the molecule is COc1ccc(C23C[C@H]4C[C@@H](CC(C(=O)Nc5nccs5)(C4)C2)C3)cc1. The molecule has 1 heterocycles. The fourth-order valence-electron chi connectivity index (χ4n) is 6.33. The summed E-state index contributed by atoms with van der Waals surface area (Å²) in [7, 11) is 1.71. The molecule has 0 unspecified atom stereocenters. The lowest BCUT2D eigenvalue weighted by Crippen LogP contribution is -2.57. The maximum absolute atomic E-state index is 13.3. The van der Waals surface area contributed by atoms with E-state index in [0.29, 0.717) is 11.8 Å². The first-order chi connectivity index (χ1) is 12.6. The number of carbonyl (C=O) groups is 1. The van der Waals surface area contributed by atoms with Crippen LogP contribution in [0.3, 0.4) is 0 Å². The van der Waals surface area contributed by atoms with Crippen molar-refractivity contribution in [2.75, 3.05) is 12.4 Å². The molecule has 0 radical (unpaired) electrons. The average molecular weight is 369 g/mol. The van der Waals surface area contributed by atoms with Gasteiger partial charge >= 0.3 is 0 Å². The van der Waals surface area contributed by atoms with Crippen LogP contribution >= 0.6 is 11.3 Å². The number of thiazole rings is 1. The van der Waals surface area contributed by atoms with Crippen molar-refractivity contribution in [2.45, 2.75) is 43.9 Å². The quantitative estimate of drug-likeness (QED) is 0.856. The molecule has 2 aromatic rings. The third-order valence-corrected chi connectivity index (χ3v) is 7.59. The molecule has 4 aliphatic carbocycles. The van der Waals surface area contributed by atoms with Crippen LogP contribution in [0.15, 0.2) is 35.8 Å². The van der Waals surface area contributed by atoms with Gasteiger partial charge in [-0.2, -0.15) is 0 Å². The Morgan fingerprint density at radius 2 is 1.92 bits per heavy atom. The van der Waals surface area contributed by atoms with Crippen LogP contribution in [-0.2, 0) is 10.2 Å². The van der Waals surface area contributed by atoms with Gasteiger partial charge in [-0.1, -0.05) is 12.1 Å². The minimum Gasteiger partial charge on any atom is -0.497 e. The number of nitrogens with zero attached hydrogens (tertiary/aromatic N) is 1. The first-order valence-corrected chi connectivity index (χ1v) is 10.3. The Labute approximate surface area is 158 Å². The van der Waals surface area contributed by atoms with Crippen molar-refractivity contribution in [1.29, 1.82) is 0 Å². The van der Waals surface area contributed by atoms with Crippen LogP contribution in [0.5, 0.6) is 5.75 Å². The number of carbonyl (C=O) groups excluding carboxylic acids is 1. The molecule has 1 aromatic carbocycles. The van der Waals surface area contributed by atoms with Crippen molar-refractivity contribution in [1.82, 2.24) is 4.98 Å². The van der Waals surface area contributed by atoms with E-state index in [1.54, 1.807) is 13.3 Å². The van der Waals surface area contributed by atoms with Gasteiger partial charge in [0.05, 0.1) is 12.5 Å². The number of methoxy groups -OCH3 is 1. The molecule has 1 aromatic heterocycles. The highest BCUT2D eigenvalue weighted by Crippen LogP contribution is 2.66. The minimum atomic E-state index is -0.227. The van der Waals surface area contributed by atoms with E-state index in [-0.39, 0.29) is 16.7 Å². The van der Waals surface area contributed by atoms with Gasteiger partial charge in [-0.15, -0.1) is 11.3 Å². The van der Waals surface area contributed by atoms with E-state index in [1.807, 2.05) is 5.38 Å². The molecule has 4 bridgehead atoms. The van der Waals surface area contributed by atoms with E-state index in [2.05, 4.69) is 34.6 Å². The van der Waals surface area contributed by atoms with Gasteiger partial charge in [0.15, 0.2) is 5.13 Å². The number of ether oxygens (including phenoxy) is 1. The molecule has 1 N–H and O–H groups in total. The van der Waals surface area contributed by atoms with Crippen molar-refractivity contribution >= 4 is 22.4 Å². The van der Waals surface area contributed by atoms with Crippen molar-refractivity contribution < 1.29 is 9.53 Å². The van der Waals surface area contributed by atoms with Crippen LogP contribution in [-0.4, -0.2) is 18.0 Å². The van der Waals surface area contributed by atoms with Gasteiger partial charge in [-0.25, -0.2) is 4.98 Å². The highest BCUT2D eigenvalue weighted by Gasteiger charge is 2.61. The van der Waals surface area contributed by atoms with Crippen LogP contribution in [0.25, 0.3) is 0 Å². The van der Waals surface area contributed by atoms with Gasteiger partial charge in [0.25, 0.3) is 0 Å². The Bertz CT molecular complexity index is 801. The van der Waals surface area contributed by atoms with Gasteiger partial charge in [-0.05, 0) is 73.5 Å². The van der Waals surface area contributed by atoms with Crippen molar-refractivity contribution in [3.8, 4) is 5.75 Å². The molecule has 0 spiro atoms. The predicted octanol–water partition coefficient (Wildman–Crippen LogP) is 4.63. The summed E-state index contributed by atoms with van der Waals surface area (Å²) in [4.78, 5) is 17.5. The van der Waals surface area contributed by atoms with Crippen LogP contribution in [0.4, 0.5) is 5.13 Å². The lowest BCUT2D eigenvalue weighted by Gasteiger charge is -2.61. The molecule has 136 valence electrons. The number of hydrogen-bond donors (Lipinski definition) is 1. The van der Waals surface area contributed by atoms with Crippen LogP contribution < -0.4 is 10.1 Å². The standard InChI is InChI=1S/C21H24N2O2S/c1-25-17-4-2-16(3-5-17)20-9-14-8-15(10-20)12-21(11-14,13-20)18(24)23-19-22-6-7-26-19/h2-7,14-15H,8-13H2,1H3,(H,22,23,24)/t14-,15-,20?,21?/m1/s1. The number of nitrogens with one attached hydrogen (secondary N) is 1. The number of rotatable bonds is 4. The molecule has 4 fully saturated rings. The molecule has 6 rings (SSSR count). The molecule has 4 nitrogen and oxygen atoms in total. The topological polar surface area (TPSA) is 51.2 Å². The van der Waals surface area contributed by atoms with E-state index < -0.39 is 0 Å². The van der Waals surface area contributed by atoms with Gasteiger partial charge in [-0.3, -0.25) is 4.79 Å². The lowest BCUT2D eigenvalue weighted by molar-refractivity contribution is -0.143. The van der Waals surface area contributed by atoms with E-state index in [9.17, 15) is 4.79 Å². The zero-order valence-corrected chi connectivity index (χ0v) is 15.8. The van der Waals surface area contributed by atoms with E-state index in [1.165, 1.54) is 36.2 Å². The predicted molar refractivity (Wildman–Crippen MR) is 103 cm³/mol. The summed E-state index contributed by atoms with van der Waals surface area (Å²) in [5.41, 5.74) is 1.31. The van der Waals surface area contributed by atoms with Gasteiger partial charge in [0, 0.05) is 11.6 Å².